The van der Waals surface area contributed by atoms with Crippen molar-refractivity contribution in [2.75, 3.05) is 13.0 Å². The van der Waals surface area contributed by atoms with Crippen LogP contribution in [-0.4, -0.2) is 18.1 Å². The second kappa shape index (κ2) is 4.64. The number of halogens is 1. The molecule has 0 aliphatic heterocycles. The van der Waals surface area contributed by atoms with Crippen LogP contribution in [0.4, 0.5) is 0 Å². The monoisotopic (exact) mass is 196 g/mol. The number of hydrogen-bond acceptors (Lipinski definition) is 2. The Kier molecular flexibility index (Phi) is 3.48. The Morgan fingerprint density at radius 2 is 2.31 bits per heavy atom. The molecular formula is C10H9ClO2. The number of methoxy groups -OCH3 is 1. The first-order chi connectivity index (χ1) is 6.27. The topological polar surface area (TPSA) is 29.5 Å². The van der Waals surface area contributed by atoms with Crippen LogP contribution < -0.4 is 4.74 Å². The molecule has 2 nitrogen and oxygen atoms in total. The van der Waals surface area contributed by atoms with Crippen molar-refractivity contribution in [3.8, 4) is 23.3 Å². The fourth-order valence-corrected chi connectivity index (χ4v) is 0.989. The maximum Gasteiger partial charge on any atom is 0.134 e. The molecular weight excluding hydrogens is 188 g/mol. The minimum atomic E-state index is 0.166. The molecule has 1 N–H and O–H groups in total. The summed E-state index contributed by atoms with van der Waals surface area (Å²) in [6.45, 7) is 0. The summed E-state index contributed by atoms with van der Waals surface area (Å²) >= 11 is 5.41. The molecule has 0 heterocycles. The lowest BCUT2D eigenvalue weighted by molar-refractivity contribution is 0.411. The van der Waals surface area contributed by atoms with Gasteiger partial charge in [-0.25, -0.2) is 0 Å². The van der Waals surface area contributed by atoms with Gasteiger partial charge in [-0.1, -0.05) is 11.8 Å². The number of phenolic OH excluding ortho intramolecular Hbond substituents is 1. The second-order valence-electron chi connectivity index (χ2n) is 2.32. The number of rotatable bonds is 1. The van der Waals surface area contributed by atoms with Crippen molar-refractivity contribution >= 4 is 11.6 Å². The first-order valence-corrected chi connectivity index (χ1v) is 4.23. The van der Waals surface area contributed by atoms with Crippen LogP contribution in [0.3, 0.4) is 0 Å². The predicted octanol–water partition coefficient (Wildman–Crippen LogP) is 1.99. The molecule has 0 atom stereocenters. The first-order valence-electron chi connectivity index (χ1n) is 3.69. The molecule has 68 valence electrons. The van der Waals surface area contributed by atoms with Crippen molar-refractivity contribution in [1.29, 1.82) is 0 Å². The molecule has 13 heavy (non-hydrogen) atoms. The maximum absolute atomic E-state index is 9.18. The molecule has 0 saturated heterocycles. The van der Waals surface area contributed by atoms with Crippen LogP contribution in [0.2, 0.25) is 0 Å². The number of ether oxygens (including phenoxy) is 1. The minimum Gasteiger partial charge on any atom is -0.508 e. The number of aromatic hydroxyl groups is 1. The molecule has 0 unspecified atom stereocenters. The van der Waals surface area contributed by atoms with Gasteiger partial charge < -0.3 is 9.84 Å². The third-order valence-electron chi connectivity index (χ3n) is 1.47. The summed E-state index contributed by atoms with van der Waals surface area (Å²) < 4.78 is 5.04. The largest absolute Gasteiger partial charge is 0.508 e. The molecule has 1 aromatic carbocycles. The fraction of sp³-hybridized carbons (Fsp3) is 0.200. The Bertz CT molecular complexity index is 350. The Morgan fingerprint density at radius 1 is 1.54 bits per heavy atom. The van der Waals surface area contributed by atoms with Gasteiger partial charge in [0.25, 0.3) is 0 Å². The zero-order valence-electron chi connectivity index (χ0n) is 7.17. The van der Waals surface area contributed by atoms with E-state index in [1.807, 2.05) is 0 Å². The molecule has 0 saturated carbocycles. The molecule has 3 heteroatoms. The lowest BCUT2D eigenvalue weighted by Gasteiger charge is -2.02. The van der Waals surface area contributed by atoms with Crippen molar-refractivity contribution < 1.29 is 9.84 Å². The van der Waals surface area contributed by atoms with Crippen LogP contribution in [0.15, 0.2) is 18.2 Å². The molecule has 0 radical (unpaired) electrons. The highest BCUT2D eigenvalue weighted by Crippen LogP contribution is 2.21. The summed E-state index contributed by atoms with van der Waals surface area (Å²) in [4.78, 5) is 0. The number of benzene rings is 1. The van der Waals surface area contributed by atoms with Crippen molar-refractivity contribution in [3.05, 3.63) is 23.8 Å². The summed E-state index contributed by atoms with van der Waals surface area (Å²) in [6.07, 6.45) is 0. The van der Waals surface area contributed by atoms with Crippen LogP contribution >= 0.6 is 11.6 Å². The van der Waals surface area contributed by atoms with Crippen LogP contribution in [0.25, 0.3) is 0 Å². The average molecular weight is 197 g/mol. The quantitative estimate of drug-likeness (QED) is 0.550. The summed E-state index contributed by atoms with van der Waals surface area (Å²) in [7, 11) is 1.55. The van der Waals surface area contributed by atoms with E-state index in [1.165, 1.54) is 0 Å². The molecule has 0 amide bonds. The highest BCUT2D eigenvalue weighted by Gasteiger charge is 1.99. The van der Waals surface area contributed by atoms with Gasteiger partial charge in [0.15, 0.2) is 0 Å². The normalized spacial score (nSPS) is 8.77. The zero-order valence-corrected chi connectivity index (χ0v) is 7.93. The SMILES string of the molecule is COc1ccc(O)cc1C#CCCl. The summed E-state index contributed by atoms with van der Waals surface area (Å²) in [5.74, 6) is 6.54. The lowest BCUT2D eigenvalue weighted by Crippen LogP contribution is -1.86. The Labute approximate surface area is 82.1 Å². The van der Waals surface area contributed by atoms with E-state index in [2.05, 4.69) is 11.8 Å². The van der Waals surface area contributed by atoms with Crippen molar-refractivity contribution in [3.63, 3.8) is 0 Å². The van der Waals surface area contributed by atoms with Gasteiger partial charge in [0, 0.05) is 0 Å². The van der Waals surface area contributed by atoms with Crippen LogP contribution in [0, 0.1) is 11.8 Å². The third kappa shape index (κ3) is 2.57. The van der Waals surface area contributed by atoms with E-state index in [4.69, 9.17) is 16.3 Å². The van der Waals surface area contributed by atoms with Crippen molar-refractivity contribution in [2.24, 2.45) is 0 Å². The van der Waals surface area contributed by atoms with E-state index in [-0.39, 0.29) is 11.6 Å². The van der Waals surface area contributed by atoms with Gasteiger partial charge in [0.2, 0.25) is 0 Å². The van der Waals surface area contributed by atoms with E-state index in [1.54, 1.807) is 25.3 Å². The van der Waals surface area contributed by atoms with E-state index in [0.29, 0.717) is 11.3 Å². The van der Waals surface area contributed by atoms with Gasteiger partial charge in [0.1, 0.15) is 11.5 Å². The third-order valence-corrected chi connectivity index (χ3v) is 1.61. The van der Waals surface area contributed by atoms with Gasteiger partial charge >= 0.3 is 0 Å². The smallest absolute Gasteiger partial charge is 0.134 e. The number of phenols is 1. The summed E-state index contributed by atoms with van der Waals surface area (Å²) in [5, 5.41) is 9.18. The fourth-order valence-electron chi connectivity index (χ4n) is 0.922. The summed E-state index contributed by atoms with van der Waals surface area (Å²) in [6, 6.07) is 4.75. The molecule has 1 aromatic rings. The van der Waals surface area contributed by atoms with Gasteiger partial charge in [-0.3, -0.25) is 0 Å². The van der Waals surface area contributed by atoms with E-state index >= 15 is 0 Å². The predicted molar refractivity (Wildman–Crippen MR) is 52.3 cm³/mol. The van der Waals surface area contributed by atoms with Gasteiger partial charge in [-0.05, 0) is 18.2 Å². The highest BCUT2D eigenvalue weighted by molar-refractivity contribution is 6.19. The molecule has 0 aromatic heterocycles. The van der Waals surface area contributed by atoms with Gasteiger partial charge in [0.05, 0.1) is 18.6 Å². The number of hydrogen-bond donors (Lipinski definition) is 1. The van der Waals surface area contributed by atoms with Crippen molar-refractivity contribution in [1.82, 2.24) is 0 Å². The highest BCUT2D eigenvalue weighted by atomic mass is 35.5. The van der Waals surface area contributed by atoms with Crippen molar-refractivity contribution in [2.45, 2.75) is 0 Å². The molecule has 0 fully saturated rings. The Balaban J connectivity index is 3.08. The molecule has 0 aliphatic rings. The minimum absolute atomic E-state index is 0.166. The van der Waals surface area contributed by atoms with Crippen LogP contribution in [0.1, 0.15) is 5.56 Å². The zero-order chi connectivity index (χ0) is 9.68. The summed E-state index contributed by atoms with van der Waals surface area (Å²) in [5.41, 5.74) is 0.642. The van der Waals surface area contributed by atoms with E-state index in [9.17, 15) is 5.11 Å². The second-order valence-corrected chi connectivity index (χ2v) is 2.59. The molecule has 1 rings (SSSR count). The van der Waals surface area contributed by atoms with E-state index in [0.717, 1.165) is 0 Å². The van der Waals surface area contributed by atoms with Crippen LogP contribution in [-0.2, 0) is 0 Å². The lowest BCUT2D eigenvalue weighted by atomic mass is 10.2. The van der Waals surface area contributed by atoms with Gasteiger partial charge in [-0.2, -0.15) is 0 Å². The standard InChI is InChI=1S/C10H9ClO2/c1-13-10-5-4-9(12)7-8(10)3-2-6-11/h4-5,7,12H,6H2,1H3. The average Bonchev–Trinajstić information content (AvgIpc) is 2.15. The Hall–Kier alpha value is -1.33. The number of alkyl halides is 1. The molecule has 0 bridgehead atoms. The van der Waals surface area contributed by atoms with Gasteiger partial charge in [-0.15, -0.1) is 11.6 Å². The maximum atomic E-state index is 9.18. The molecule has 0 aliphatic carbocycles. The van der Waals surface area contributed by atoms with Crippen LogP contribution in [0.5, 0.6) is 11.5 Å². The first kappa shape index (κ1) is 9.76. The molecule has 0 spiro atoms. The van der Waals surface area contributed by atoms with E-state index < -0.39 is 0 Å². The Morgan fingerprint density at radius 3 is 2.92 bits per heavy atom.